The van der Waals surface area contributed by atoms with Crippen LogP contribution < -0.4 is 4.74 Å². The zero-order valence-corrected chi connectivity index (χ0v) is 7.50. The first kappa shape index (κ1) is 9.89. The summed E-state index contributed by atoms with van der Waals surface area (Å²) in [6.07, 6.45) is 1.31. The van der Waals surface area contributed by atoms with Crippen LogP contribution in [0.3, 0.4) is 0 Å². The van der Waals surface area contributed by atoms with Crippen molar-refractivity contribution in [1.82, 2.24) is 4.98 Å². The predicted molar refractivity (Wildman–Crippen MR) is 45.0 cm³/mol. The number of ether oxygens (including phenoxy) is 1. The SMILES string of the molecule is CC(C)c1ccc(OC(F)F)cn1. The Bertz CT molecular complexity index is 259. The summed E-state index contributed by atoms with van der Waals surface area (Å²) in [6.45, 7) is 1.18. The average molecular weight is 187 g/mol. The first-order valence-corrected chi connectivity index (χ1v) is 4.00. The average Bonchev–Trinajstić information content (AvgIpc) is 2.04. The highest BCUT2D eigenvalue weighted by molar-refractivity contribution is 5.21. The molecule has 2 nitrogen and oxygen atoms in total. The number of aromatic nitrogens is 1. The van der Waals surface area contributed by atoms with Crippen molar-refractivity contribution in [2.45, 2.75) is 26.4 Å². The van der Waals surface area contributed by atoms with E-state index in [9.17, 15) is 8.78 Å². The fraction of sp³-hybridized carbons (Fsp3) is 0.444. The molecule has 72 valence electrons. The van der Waals surface area contributed by atoms with Gasteiger partial charge in [-0.1, -0.05) is 13.8 Å². The van der Waals surface area contributed by atoms with Gasteiger partial charge in [-0.3, -0.25) is 4.98 Å². The van der Waals surface area contributed by atoms with Gasteiger partial charge in [0.05, 0.1) is 6.20 Å². The quantitative estimate of drug-likeness (QED) is 0.725. The molecule has 0 unspecified atom stereocenters. The van der Waals surface area contributed by atoms with Crippen molar-refractivity contribution in [2.24, 2.45) is 0 Å². The van der Waals surface area contributed by atoms with E-state index in [-0.39, 0.29) is 5.75 Å². The van der Waals surface area contributed by atoms with Gasteiger partial charge in [0.15, 0.2) is 0 Å². The van der Waals surface area contributed by atoms with Gasteiger partial charge in [0, 0.05) is 5.69 Å². The van der Waals surface area contributed by atoms with Crippen LogP contribution in [-0.2, 0) is 0 Å². The molecule has 1 heterocycles. The van der Waals surface area contributed by atoms with E-state index in [0.717, 1.165) is 5.69 Å². The Kier molecular flexibility index (Phi) is 3.17. The van der Waals surface area contributed by atoms with Crippen molar-refractivity contribution in [3.05, 3.63) is 24.0 Å². The standard InChI is InChI=1S/C9H11F2NO/c1-6(2)8-4-3-7(5-12-8)13-9(10)11/h3-6,9H,1-2H3. The van der Waals surface area contributed by atoms with Crippen molar-refractivity contribution in [3.8, 4) is 5.75 Å². The summed E-state index contributed by atoms with van der Waals surface area (Å²) in [5.74, 6) is 0.389. The fourth-order valence-corrected chi connectivity index (χ4v) is 0.906. The Labute approximate surface area is 75.6 Å². The molecule has 0 saturated heterocycles. The molecule has 0 bridgehead atoms. The summed E-state index contributed by atoms with van der Waals surface area (Å²) >= 11 is 0. The molecule has 0 atom stereocenters. The molecule has 0 fully saturated rings. The zero-order chi connectivity index (χ0) is 9.84. The van der Waals surface area contributed by atoms with E-state index in [0.29, 0.717) is 5.92 Å². The number of hydrogen-bond acceptors (Lipinski definition) is 2. The van der Waals surface area contributed by atoms with Crippen LogP contribution in [0, 0.1) is 0 Å². The normalized spacial score (nSPS) is 10.9. The summed E-state index contributed by atoms with van der Waals surface area (Å²) in [6, 6.07) is 3.18. The molecule has 0 saturated carbocycles. The van der Waals surface area contributed by atoms with Gasteiger partial charge < -0.3 is 4.74 Å². The first-order chi connectivity index (χ1) is 6.09. The molecule has 0 amide bonds. The molecule has 0 N–H and O–H groups in total. The van der Waals surface area contributed by atoms with E-state index in [1.807, 2.05) is 13.8 Å². The first-order valence-electron chi connectivity index (χ1n) is 4.00. The van der Waals surface area contributed by atoms with Crippen LogP contribution in [0.2, 0.25) is 0 Å². The Morgan fingerprint density at radius 2 is 2.00 bits per heavy atom. The van der Waals surface area contributed by atoms with Gasteiger partial charge in [0.1, 0.15) is 5.75 Å². The van der Waals surface area contributed by atoms with Gasteiger partial charge in [0.25, 0.3) is 0 Å². The maximum Gasteiger partial charge on any atom is 0.387 e. The number of nitrogens with zero attached hydrogens (tertiary/aromatic N) is 1. The van der Waals surface area contributed by atoms with E-state index in [2.05, 4.69) is 9.72 Å². The van der Waals surface area contributed by atoms with E-state index in [4.69, 9.17) is 0 Å². The Hall–Kier alpha value is -1.19. The van der Waals surface area contributed by atoms with E-state index >= 15 is 0 Å². The van der Waals surface area contributed by atoms with E-state index in [1.165, 1.54) is 12.3 Å². The lowest BCUT2D eigenvalue weighted by Crippen LogP contribution is -2.02. The Balaban J connectivity index is 2.70. The molecule has 13 heavy (non-hydrogen) atoms. The van der Waals surface area contributed by atoms with Crippen molar-refractivity contribution in [2.75, 3.05) is 0 Å². The second-order valence-electron chi connectivity index (χ2n) is 2.95. The third-order valence-corrected chi connectivity index (χ3v) is 1.58. The van der Waals surface area contributed by atoms with Crippen molar-refractivity contribution < 1.29 is 13.5 Å². The highest BCUT2D eigenvalue weighted by Gasteiger charge is 2.05. The lowest BCUT2D eigenvalue weighted by molar-refractivity contribution is -0.0500. The highest BCUT2D eigenvalue weighted by Crippen LogP contribution is 2.16. The number of rotatable bonds is 3. The van der Waals surface area contributed by atoms with Gasteiger partial charge in [-0.05, 0) is 18.1 Å². The maximum atomic E-state index is 11.7. The molecule has 0 aliphatic carbocycles. The molecule has 0 aliphatic rings. The molecule has 0 aromatic carbocycles. The maximum absolute atomic E-state index is 11.7. The predicted octanol–water partition coefficient (Wildman–Crippen LogP) is 2.81. The van der Waals surface area contributed by atoms with Gasteiger partial charge in [-0.2, -0.15) is 8.78 Å². The minimum atomic E-state index is -2.79. The van der Waals surface area contributed by atoms with Crippen LogP contribution in [0.25, 0.3) is 0 Å². The van der Waals surface area contributed by atoms with Gasteiger partial charge in [-0.15, -0.1) is 0 Å². The fourth-order valence-electron chi connectivity index (χ4n) is 0.906. The van der Waals surface area contributed by atoms with Crippen molar-refractivity contribution >= 4 is 0 Å². The summed E-state index contributed by atoms with van der Waals surface area (Å²) in [7, 11) is 0. The zero-order valence-electron chi connectivity index (χ0n) is 7.50. The smallest absolute Gasteiger partial charge is 0.387 e. The highest BCUT2D eigenvalue weighted by atomic mass is 19.3. The molecule has 1 aromatic rings. The second kappa shape index (κ2) is 4.16. The number of pyridine rings is 1. The third-order valence-electron chi connectivity index (χ3n) is 1.58. The van der Waals surface area contributed by atoms with Crippen LogP contribution in [-0.4, -0.2) is 11.6 Å². The number of halogens is 2. The van der Waals surface area contributed by atoms with Gasteiger partial charge in [-0.25, -0.2) is 0 Å². The van der Waals surface area contributed by atoms with E-state index < -0.39 is 6.61 Å². The summed E-state index contributed by atoms with van der Waals surface area (Å²) in [4.78, 5) is 3.97. The summed E-state index contributed by atoms with van der Waals surface area (Å²) in [5, 5.41) is 0. The Morgan fingerprint density at radius 3 is 2.38 bits per heavy atom. The van der Waals surface area contributed by atoms with Crippen LogP contribution in [0.15, 0.2) is 18.3 Å². The topological polar surface area (TPSA) is 22.1 Å². The molecule has 4 heteroatoms. The summed E-state index contributed by atoms with van der Waals surface area (Å²) < 4.78 is 27.6. The molecular weight excluding hydrogens is 176 g/mol. The molecule has 1 aromatic heterocycles. The lowest BCUT2D eigenvalue weighted by Gasteiger charge is -2.06. The molecule has 0 spiro atoms. The molecule has 0 aliphatic heterocycles. The van der Waals surface area contributed by atoms with Crippen LogP contribution in [0.4, 0.5) is 8.78 Å². The minimum Gasteiger partial charge on any atom is -0.433 e. The second-order valence-corrected chi connectivity index (χ2v) is 2.95. The van der Waals surface area contributed by atoms with E-state index in [1.54, 1.807) is 6.07 Å². The number of hydrogen-bond donors (Lipinski definition) is 0. The van der Waals surface area contributed by atoms with Crippen molar-refractivity contribution in [1.29, 1.82) is 0 Å². The largest absolute Gasteiger partial charge is 0.433 e. The third kappa shape index (κ3) is 2.97. The minimum absolute atomic E-state index is 0.0967. The lowest BCUT2D eigenvalue weighted by atomic mass is 10.1. The summed E-state index contributed by atoms with van der Waals surface area (Å²) in [5.41, 5.74) is 0.863. The Morgan fingerprint density at radius 1 is 1.31 bits per heavy atom. The molecular formula is C9H11F2NO. The molecule has 1 rings (SSSR count). The monoisotopic (exact) mass is 187 g/mol. The number of alkyl halides is 2. The van der Waals surface area contributed by atoms with Crippen LogP contribution in [0.1, 0.15) is 25.5 Å². The van der Waals surface area contributed by atoms with Gasteiger partial charge in [0.2, 0.25) is 0 Å². The van der Waals surface area contributed by atoms with Crippen molar-refractivity contribution in [3.63, 3.8) is 0 Å². The van der Waals surface area contributed by atoms with Gasteiger partial charge >= 0.3 is 6.61 Å². The van der Waals surface area contributed by atoms with Crippen LogP contribution in [0.5, 0.6) is 5.75 Å². The van der Waals surface area contributed by atoms with Crippen LogP contribution >= 0.6 is 0 Å². The molecule has 0 radical (unpaired) electrons.